The van der Waals surface area contributed by atoms with Crippen molar-refractivity contribution in [1.82, 2.24) is 0 Å². The molecule has 0 aliphatic heterocycles. The molecule has 4 heteroatoms. The average Bonchev–Trinajstić information content (AvgIpc) is 2.65. The maximum atomic E-state index is 11.7. The van der Waals surface area contributed by atoms with Gasteiger partial charge in [-0.25, -0.2) is 0 Å². The topological polar surface area (TPSA) is 52.6 Å². The van der Waals surface area contributed by atoms with E-state index in [0.29, 0.717) is 26.1 Å². The molecule has 0 radical (unpaired) electrons. The Kier molecular flexibility index (Phi) is 20.4. The first-order chi connectivity index (χ1) is 13.2. The molecule has 0 saturated carbocycles. The molecule has 0 atom stereocenters. The number of unbranched alkanes of at least 4 members (excludes halogenated alkanes) is 13. The van der Waals surface area contributed by atoms with Crippen LogP contribution in [-0.4, -0.2) is 25.2 Å². The van der Waals surface area contributed by atoms with Crippen LogP contribution >= 0.6 is 0 Å². The molecule has 27 heavy (non-hydrogen) atoms. The SMILES string of the molecule is CCCCCCCCCCCOC(=O)CCCCCCCCC(=O)OCC. The van der Waals surface area contributed by atoms with Gasteiger partial charge in [-0.15, -0.1) is 0 Å². The van der Waals surface area contributed by atoms with E-state index < -0.39 is 0 Å². The summed E-state index contributed by atoms with van der Waals surface area (Å²) < 4.78 is 10.2. The van der Waals surface area contributed by atoms with E-state index >= 15 is 0 Å². The number of carbonyl (C=O) groups is 2. The quantitative estimate of drug-likeness (QED) is 0.172. The molecule has 0 aromatic rings. The largest absolute Gasteiger partial charge is 0.466 e. The molecule has 0 aromatic heterocycles. The fourth-order valence-electron chi connectivity index (χ4n) is 3.15. The molecule has 0 fully saturated rings. The first kappa shape index (κ1) is 25.9. The molecule has 0 aliphatic carbocycles. The second kappa shape index (κ2) is 21.2. The predicted molar refractivity (Wildman–Crippen MR) is 112 cm³/mol. The summed E-state index contributed by atoms with van der Waals surface area (Å²) in [5.74, 6) is -0.135. The minimum absolute atomic E-state index is 0.0446. The Morgan fingerprint density at radius 2 is 0.926 bits per heavy atom. The van der Waals surface area contributed by atoms with Crippen LogP contribution < -0.4 is 0 Å². The lowest BCUT2D eigenvalue weighted by atomic mass is 10.1. The van der Waals surface area contributed by atoms with Crippen LogP contribution in [0.25, 0.3) is 0 Å². The van der Waals surface area contributed by atoms with Gasteiger partial charge in [-0.2, -0.15) is 0 Å². The summed E-state index contributed by atoms with van der Waals surface area (Å²) in [6, 6.07) is 0. The van der Waals surface area contributed by atoms with Gasteiger partial charge >= 0.3 is 11.9 Å². The third kappa shape index (κ3) is 21.1. The van der Waals surface area contributed by atoms with E-state index in [9.17, 15) is 9.59 Å². The smallest absolute Gasteiger partial charge is 0.305 e. The predicted octanol–water partition coefficient (Wildman–Crippen LogP) is 6.74. The molecule has 0 aromatic carbocycles. The van der Waals surface area contributed by atoms with Crippen molar-refractivity contribution in [2.75, 3.05) is 13.2 Å². The van der Waals surface area contributed by atoms with Gasteiger partial charge in [0.25, 0.3) is 0 Å². The summed E-state index contributed by atoms with van der Waals surface area (Å²) >= 11 is 0. The van der Waals surface area contributed by atoms with Crippen LogP contribution in [0.1, 0.15) is 123 Å². The van der Waals surface area contributed by atoms with E-state index in [1.54, 1.807) is 0 Å². The zero-order valence-corrected chi connectivity index (χ0v) is 18.1. The molecule has 0 amide bonds. The van der Waals surface area contributed by atoms with Gasteiger partial charge in [-0.05, 0) is 26.2 Å². The van der Waals surface area contributed by atoms with Crippen molar-refractivity contribution >= 4 is 11.9 Å². The zero-order chi connectivity index (χ0) is 20.0. The standard InChI is InChI=1S/C23H44O4/c1-3-5-6-7-8-9-12-15-18-21-27-23(25)20-17-14-11-10-13-16-19-22(24)26-4-2/h3-21H2,1-2H3. The van der Waals surface area contributed by atoms with Crippen molar-refractivity contribution in [3.05, 3.63) is 0 Å². The monoisotopic (exact) mass is 384 g/mol. The molecular formula is C23H44O4. The Hall–Kier alpha value is -1.06. The minimum atomic E-state index is -0.0905. The average molecular weight is 385 g/mol. The zero-order valence-electron chi connectivity index (χ0n) is 18.1. The van der Waals surface area contributed by atoms with Crippen LogP contribution in [0.3, 0.4) is 0 Å². The first-order valence-corrected chi connectivity index (χ1v) is 11.5. The maximum absolute atomic E-state index is 11.7. The number of hydrogen-bond acceptors (Lipinski definition) is 4. The van der Waals surface area contributed by atoms with Crippen molar-refractivity contribution in [3.8, 4) is 0 Å². The van der Waals surface area contributed by atoms with Gasteiger partial charge in [-0.3, -0.25) is 9.59 Å². The summed E-state index contributed by atoms with van der Waals surface area (Å²) in [4.78, 5) is 22.9. The lowest BCUT2D eigenvalue weighted by Crippen LogP contribution is -2.05. The summed E-state index contributed by atoms with van der Waals surface area (Å²) in [6.45, 7) is 5.13. The Balaban J connectivity index is 3.21. The molecule has 0 heterocycles. The fourth-order valence-corrected chi connectivity index (χ4v) is 3.15. The molecule has 0 rings (SSSR count). The van der Waals surface area contributed by atoms with Crippen molar-refractivity contribution < 1.29 is 19.1 Å². The highest BCUT2D eigenvalue weighted by atomic mass is 16.5. The van der Waals surface area contributed by atoms with Crippen LogP contribution in [0.2, 0.25) is 0 Å². The van der Waals surface area contributed by atoms with E-state index in [-0.39, 0.29) is 11.9 Å². The number of rotatable bonds is 20. The first-order valence-electron chi connectivity index (χ1n) is 11.5. The number of carbonyl (C=O) groups excluding carboxylic acids is 2. The van der Waals surface area contributed by atoms with Gasteiger partial charge in [0.15, 0.2) is 0 Å². The summed E-state index contributed by atoms with van der Waals surface area (Å²) in [7, 11) is 0. The second-order valence-electron chi connectivity index (χ2n) is 7.48. The Labute approximate surface area is 167 Å². The van der Waals surface area contributed by atoms with E-state index in [1.807, 2.05) is 6.92 Å². The van der Waals surface area contributed by atoms with Crippen molar-refractivity contribution in [2.45, 2.75) is 123 Å². The molecule has 0 aliphatic rings. The Bertz CT molecular complexity index is 341. The van der Waals surface area contributed by atoms with Gasteiger partial charge in [0.1, 0.15) is 0 Å². The van der Waals surface area contributed by atoms with E-state index in [2.05, 4.69) is 6.92 Å². The fraction of sp³-hybridized carbons (Fsp3) is 0.913. The normalized spacial score (nSPS) is 10.7. The van der Waals surface area contributed by atoms with Crippen molar-refractivity contribution in [2.24, 2.45) is 0 Å². The minimum Gasteiger partial charge on any atom is -0.466 e. The molecule has 0 spiro atoms. The third-order valence-corrected chi connectivity index (χ3v) is 4.83. The third-order valence-electron chi connectivity index (χ3n) is 4.83. The Morgan fingerprint density at radius 3 is 1.41 bits per heavy atom. The summed E-state index contributed by atoms with van der Waals surface area (Å²) in [6.07, 6.45) is 18.8. The van der Waals surface area contributed by atoms with Crippen molar-refractivity contribution in [3.63, 3.8) is 0 Å². The number of hydrogen-bond donors (Lipinski definition) is 0. The van der Waals surface area contributed by atoms with Gasteiger partial charge < -0.3 is 9.47 Å². The highest BCUT2D eigenvalue weighted by Gasteiger charge is 2.03. The van der Waals surface area contributed by atoms with Gasteiger partial charge in [-0.1, -0.05) is 84.0 Å². The van der Waals surface area contributed by atoms with E-state index in [1.165, 1.54) is 51.4 Å². The van der Waals surface area contributed by atoms with E-state index in [0.717, 1.165) is 44.9 Å². The molecule has 160 valence electrons. The van der Waals surface area contributed by atoms with Crippen LogP contribution in [0.5, 0.6) is 0 Å². The summed E-state index contributed by atoms with van der Waals surface area (Å²) in [5, 5.41) is 0. The molecule has 0 saturated heterocycles. The van der Waals surface area contributed by atoms with Gasteiger partial charge in [0, 0.05) is 12.8 Å². The van der Waals surface area contributed by atoms with Crippen LogP contribution in [-0.2, 0) is 19.1 Å². The van der Waals surface area contributed by atoms with Crippen LogP contribution in [0.4, 0.5) is 0 Å². The highest BCUT2D eigenvalue weighted by molar-refractivity contribution is 5.69. The number of ether oxygens (including phenoxy) is 2. The molecule has 0 N–H and O–H groups in total. The van der Waals surface area contributed by atoms with Gasteiger partial charge in [0.2, 0.25) is 0 Å². The molecule has 0 unspecified atom stereocenters. The highest BCUT2D eigenvalue weighted by Crippen LogP contribution is 2.11. The van der Waals surface area contributed by atoms with E-state index in [4.69, 9.17) is 9.47 Å². The molecule has 0 bridgehead atoms. The summed E-state index contributed by atoms with van der Waals surface area (Å²) in [5.41, 5.74) is 0. The maximum Gasteiger partial charge on any atom is 0.305 e. The van der Waals surface area contributed by atoms with Gasteiger partial charge in [0.05, 0.1) is 13.2 Å². The number of esters is 2. The molecular weight excluding hydrogens is 340 g/mol. The van der Waals surface area contributed by atoms with Crippen LogP contribution in [0, 0.1) is 0 Å². The van der Waals surface area contributed by atoms with Crippen molar-refractivity contribution in [1.29, 1.82) is 0 Å². The van der Waals surface area contributed by atoms with Crippen LogP contribution in [0.15, 0.2) is 0 Å². The Morgan fingerprint density at radius 1 is 0.519 bits per heavy atom. The lowest BCUT2D eigenvalue weighted by Gasteiger charge is -2.05. The second-order valence-corrected chi connectivity index (χ2v) is 7.48. The molecule has 4 nitrogen and oxygen atoms in total. The lowest BCUT2D eigenvalue weighted by molar-refractivity contribution is -0.144.